The molecule has 0 saturated heterocycles. The Labute approximate surface area is 35.6 Å². The van der Waals surface area contributed by atoms with Crippen molar-refractivity contribution in [1.29, 1.82) is 11.1 Å². The first kappa shape index (κ1) is 5.20. The van der Waals surface area contributed by atoms with E-state index in [9.17, 15) is 0 Å². The van der Waals surface area contributed by atoms with E-state index in [1.54, 1.807) is 6.92 Å². The fourth-order valence-corrected chi connectivity index (χ4v) is 0.0289. The molecule has 0 aliphatic rings. The predicted octanol–water partition coefficient (Wildman–Crippen LogP) is 1.39. The van der Waals surface area contributed by atoms with Gasteiger partial charge in [0.25, 0.3) is 0 Å². The largest absolute Gasteiger partial charge is 0.208 e. The number of hydrogen-bond donors (Lipinski definition) is 2. The first-order chi connectivity index (χ1) is 2.81. The van der Waals surface area contributed by atoms with Crippen LogP contribution in [0.3, 0.4) is 0 Å². The third-order valence-corrected chi connectivity index (χ3v) is 0.374. The van der Waals surface area contributed by atoms with Crippen LogP contribution in [0.1, 0.15) is 6.92 Å². The van der Waals surface area contributed by atoms with E-state index in [1.165, 1.54) is 0 Å². The Kier molecular flexibility index (Phi) is 2.11. The summed E-state index contributed by atoms with van der Waals surface area (Å²) in [5, 5.41) is 5.81. The third kappa shape index (κ3) is 1.51. The average molecular weight is 86.1 g/mol. The summed E-state index contributed by atoms with van der Waals surface area (Å²) in [6.45, 7) is 1.57. The molecule has 0 atom stereocenters. The fourth-order valence-electron chi connectivity index (χ4n) is 0.0289. The predicted molar refractivity (Wildman–Crippen MR) is 19.8 cm³/mol. The normalized spacial score (nSPS) is 12.8. The second-order valence-electron chi connectivity index (χ2n) is 0.890. The maximum absolute atomic E-state index is 6.22. The molecule has 0 aliphatic carbocycles. The van der Waals surface area contributed by atoms with Crippen LogP contribution in [0.2, 0.25) is 0 Å². The van der Waals surface area contributed by atoms with Crippen LogP contribution in [0.4, 0.5) is 0 Å². The van der Waals surface area contributed by atoms with Crippen LogP contribution >= 0.6 is 0 Å². The third-order valence-electron chi connectivity index (χ3n) is 0.374. The molecular weight excluding hydrogens is 80.0 g/mol. The highest BCUT2D eigenvalue weighted by molar-refractivity contribution is 4.39. The van der Waals surface area contributed by atoms with Gasteiger partial charge in [-0.1, -0.05) is 0 Å². The van der Waals surface area contributed by atoms with Crippen LogP contribution in [0, 0.1) is 11.1 Å². The van der Waals surface area contributed by atoms with Crippen molar-refractivity contribution < 1.29 is 0 Å². The van der Waals surface area contributed by atoms with Gasteiger partial charge in [0.2, 0.25) is 0 Å². The van der Waals surface area contributed by atoms with E-state index in [0.29, 0.717) is 0 Å². The molecule has 0 rings (SSSR count). The van der Waals surface area contributed by atoms with Crippen LogP contribution < -0.4 is 0 Å². The molecule has 0 heterocycles. The highest BCUT2D eigenvalue weighted by Crippen LogP contribution is 1.84. The van der Waals surface area contributed by atoms with Gasteiger partial charge in [-0.15, -0.1) is 0 Å². The summed E-state index contributed by atoms with van der Waals surface area (Å²) < 4.78 is 0. The van der Waals surface area contributed by atoms with E-state index in [1.807, 2.05) is 0 Å². The first-order valence-electron chi connectivity index (χ1n) is 1.54. The summed E-state index contributed by atoms with van der Waals surface area (Å²) in [5.41, 5.74) is 12.4. The second-order valence-corrected chi connectivity index (χ2v) is 0.890. The molecule has 0 aromatic rings. The number of nitrogens with one attached hydrogen (secondary N) is 2. The Bertz CT molecular complexity index is 50.6. The summed E-state index contributed by atoms with van der Waals surface area (Å²) >= 11 is 0. The highest BCUT2D eigenvalue weighted by atomic mass is 15.2. The molecule has 0 radical (unpaired) electrons. The number of hydrogen-bond acceptors (Lipinski definition) is 4. The molecule has 0 amide bonds. The Morgan fingerprint density at radius 2 is 1.67 bits per heavy atom. The van der Waals surface area contributed by atoms with Crippen molar-refractivity contribution in [2.75, 3.05) is 0 Å². The lowest BCUT2D eigenvalue weighted by molar-refractivity contribution is 0.662. The van der Waals surface area contributed by atoms with Gasteiger partial charge in [-0.25, -0.2) is 11.1 Å². The summed E-state index contributed by atoms with van der Waals surface area (Å²) in [4.78, 5) is 0. The summed E-state index contributed by atoms with van der Waals surface area (Å²) in [6, 6.07) is 0. The van der Waals surface area contributed by atoms with Gasteiger partial charge >= 0.3 is 0 Å². The summed E-state index contributed by atoms with van der Waals surface area (Å²) in [6.07, 6.45) is -0.481. The van der Waals surface area contributed by atoms with Crippen molar-refractivity contribution in [3.63, 3.8) is 0 Å². The standard InChI is InChI=1S/C2H6N4/c1-2(5-3)6-4/h2-4H,1H3. The van der Waals surface area contributed by atoms with Gasteiger partial charge in [-0.3, -0.25) is 0 Å². The van der Waals surface area contributed by atoms with Gasteiger partial charge in [-0.05, 0) is 6.92 Å². The van der Waals surface area contributed by atoms with E-state index >= 15 is 0 Å². The van der Waals surface area contributed by atoms with E-state index in [0.717, 1.165) is 0 Å². The van der Waals surface area contributed by atoms with Crippen molar-refractivity contribution in [1.82, 2.24) is 0 Å². The molecule has 4 heteroatoms. The molecule has 6 heavy (non-hydrogen) atoms. The Hall–Kier alpha value is -0.800. The number of nitrogens with zero attached hydrogens (tertiary/aromatic N) is 2. The smallest absolute Gasteiger partial charge is 0.177 e. The SMILES string of the molecule is CC(N=N)N=N. The maximum atomic E-state index is 6.22. The van der Waals surface area contributed by atoms with Crippen LogP contribution in [0.25, 0.3) is 0 Å². The van der Waals surface area contributed by atoms with Crippen LogP contribution in [-0.2, 0) is 0 Å². The molecule has 0 aliphatic heterocycles. The molecule has 0 bridgehead atoms. The van der Waals surface area contributed by atoms with Crippen molar-refractivity contribution in [3.8, 4) is 0 Å². The molecule has 0 aromatic heterocycles. The van der Waals surface area contributed by atoms with Crippen molar-refractivity contribution in [2.24, 2.45) is 10.2 Å². The molecule has 0 saturated carbocycles. The van der Waals surface area contributed by atoms with Gasteiger partial charge in [0.1, 0.15) is 0 Å². The monoisotopic (exact) mass is 86.1 g/mol. The fraction of sp³-hybridized carbons (Fsp3) is 1.00. The first-order valence-corrected chi connectivity index (χ1v) is 1.54. The summed E-state index contributed by atoms with van der Waals surface area (Å²) in [5.74, 6) is 0. The quantitative estimate of drug-likeness (QED) is 0.477. The minimum Gasteiger partial charge on any atom is -0.208 e. The average Bonchev–Trinajstić information content (AvgIpc) is 1.65. The van der Waals surface area contributed by atoms with E-state index in [-0.39, 0.29) is 0 Å². The molecule has 0 fully saturated rings. The van der Waals surface area contributed by atoms with E-state index in [4.69, 9.17) is 11.1 Å². The maximum Gasteiger partial charge on any atom is 0.177 e. The van der Waals surface area contributed by atoms with Crippen molar-refractivity contribution in [2.45, 2.75) is 13.1 Å². The van der Waals surface area contributed by atoms with Gasteiger partial charge in [-0.2, -0.15) is 10.2 Å². The Morgan fingerprint density at radius 3 is 1.67 bits per heavy atom. The van der Waals surface area contributed by atoms with Gasteiger partial charge in [0, 0.05) is 0 Å². The summed E-state index contributed by atoms with van der Waals surface area (Å²) in [7, 11) is 0. The zero-order valence-corrected chi connectivity index (χ0v) is 3.47. The van der Waals surface area contributed by atoms with Gasteiger partial charge in [0.15, 0.2) is 6.17 Å². The molecule has 4 nitrogen and oxygen atoms in total. The molecule has 34 valence electrons. The number of rotatable bonds is 2. The van der Waals surface area contributed by atoms with E-state index < -0.39 is 6.17 Å². The molecule has 2 N–H and O–H groups in total. The van der Waals surface area contributed by atoms with Crippen LogP contribution in [0.15, 0.2) is 10.2 Å². The minimum atomic E-state index is -0.481. The minimum absolute atomic E-state index is 0.481. The lowest BCUT2D eigenvalue weighted by Gasteiger charge is -1.84. The Morgan fingerprint density at radius 1 is 1.33 bits per heavy atom. The zero-order chi connectivity index (χ0) is 4.99. The lowest BCUT2D eigenvalue weighted by Crippen LogP contribution is -1.84. The van der Waals surface area contributed by atoms with Gasteiger partial charge < -0.3 is 0 Å². The molecule has 0 aromatic carbocycles. The van der Waals surface area contributed by atoms with Crippen molar-refractivity contribution >= 4 is 0 Å². The molecule has 0 spiro atoms. The van der Waals surface area contributed by atoms with Gasteiger partial charge in [0.05, 0.1) is 0 Å². The van der Waals surface area contributed by atoms with Crippen LogP contribution in [-0.4, -0.2) is 6.17 Å². The topological polar surface area (TPSA) is 72.4 Å². The lowest BCUT2D eigenvalue weighted by atomic mass is 10.7. The molecule has 0 unspecified atom stereocenters. The van der Waals surface area contributed by atoms with Crippen LogP contribution in [0.5, 0.6) is 0 Å². The molecular formula is C2H6N4. The Balaban J connectivity index is 3.21. The second kappa shape index (κ2) is 2.44. The van der Waals surface area contributed by atoms with Crippen molar-refractivity contribution in [3.05, 3.63) is 0 Å². The zero-order valence-electron chi connectivity index (χ0n) is 3.47. The van der Waals surface area contributed by atoms with E-state index in [2.05, 4.69) is 10.2 Å². The highest BCUT2D eigenvalue weighted by Gasteiger charge is 1.85.